The first-order valence-electron chi connectivity index (χ1n) is 4.25. The monoisotopic (exact) mass is 277 g/mol. The Hall–Kier alpha value is -0.260. The zero-order chi connectivity index (χ0) is 8.72. The first kappa shape index (κ1) is 8.34. The minimum atomic E-state index is 0.694. The van der Waals surface area contributed by atoms with E-state index in [1.807, 2.05) is 4.68 Å². The summed E-state index contributed by atoms with van der Waals surface area (Å²) in [6, 6.07) is 0. The van der Waals surface area contributed by atoms with Crippen molar-refractivity contribution >= 4 is 28.4 Å². The van der Waals surface area contributed by atoms with Crippen LogP contribution in [0.4, 0.5) is 5.82 Å². The fourth-order valence-electron chi connectivity index (χ4n) is 1.46. The summed E-state index contributed by atoms with van der Waals surface area (Å²) in [5.41, 5.74) is 7.10. The van der Waals surface area contributed by atoms with Crippen molar-refractivity contribution in [1.82, 2.24) is 9.78 Å². The van der Waals surface area contributed by atoms with E-state index in [2.05, 4.69) is 34.6 Å². The molecule has 0 atom stereocenters. The maximum Gasteiger partial charge on any atom is 0.159 e. The van der Waals surface area contributed by atoms with Crippen LogP contribution >= 0.6 is 22.6 Å². The quantitative estimate of drug-likeness (QED) is 0.840. The van der Waals surface area contributed by atoms with Gasteiger partial charge >= 0.3 is 0 Å². The molecule has 2 N–H and O–H groups in total. The lowest BCUT2D eigenvalue weighted by Gasteiger charge is -2.01. The second-order valence-electron chi connectivity index (χ2n) is 3.17. The highest BCUT2D eigenvalue weighted by Gasteiger charge is 2.30. The van der Waals surface area contributed by atoms with Gasteiger partial charge in [-0.15, -0.1) is 0 Å². The van der Waals surface area contributed by atoms with Crippen LogP contribution in [0.15, 0.2) is 0 Å². The predicted octanol–water partition coefficient (Wildman–Crippen LogP) is 1.97. The molecule has 0 spiro atoms. The average Bonchev–Trinajstić information content (AvgIpc) is 2.82. The lowest BCUT2D eigenvalue weighted by Crippen LogP contribution is -2.01. The van der Waals surface area contributed by atoms with Crippen LogP contribution in [-0.4, -0.2) is 9.78 Å². The van der Waals surface area contributed by atoms with E-state index >= 15 is 0 Å². The molecule has 12 heavy (non-hydrogen) atoms. The molecule has 1 heterocycles. The van der Waals surface area contributed by atoms with Gasteiger partial charge in [-0.1, -0.05) is 0 Å². The molecule has 1 fully saturated rings. The molecule has 0 aromatic carbocycles. The minimum Gasteiger partial charge on any atom is -0.381 e. The molecule has 66 valence electrons. The molecule has 1 aromatic heterocycles. The molecule has 0 saturated heterocycles. The molecule has 3 nitrogen and oxygen atoms in total. The van der Waals surface area contributed by atoms with Gasteiger partial charge in [0.15, 0.2) is 5.82 Å². The van der Waals surface area contributed by atoms with Crippen LogP contribution in [0.1, 0.15) is 31.4 Å². The Balaban J connectivity index is 2.46. The van der Waals surface area contributed by atoms with Gasteiger partial charge in [-0.05, 0) is 42.4 Å². The Morgan fingerprint density at radius 1 is 1.67 bits per heavy atom. The SMILES string of the molecule is CCn1nc(N)c(I)c1C1CC1. The maximum absolute atomic E-state index is 5.74. The normalized spacial score (nSPS) is 16.8. The topological polar surface area (TPSA) is 43.8 Å². The molecule has 0 aliphatic heterocycles. The summed E-state index contributed by atoms with van der Waals surface area (Å²) in [5.74, 6) is 1.43. The highest BCUT2D eigenvalue weighted by atomic mass is 127. The van der Waals surface area contributed by atoms with Gasteiger partial charge in [-0.2, -0.15) is 5.10 Å². The Kier molecular flexibility index (Phi) is 2.02. The average molecular weight is 277 g/mol. The third-order valence-corrected chi connectivity index (χ3v) is 3.33. The Morgan fingerprint density at radius 3 is 2.83 bits per heavy atom. The van der Waals surface area contributed by atoms with Crippen molar-refractivity contribution in [1.29, 1.82) is 0 Å². The molecule has 0 unspecified atom stereocenters. The van der Waals surface area contributed by atoms with E-state index in [9.17, 15) is 0 Å². The van der Waals surface area contributed by atoms with Gasteiger partial charge in [0.25, 0.3) is 0 Å². The van der Waals surface area contributed by atoms with Crippen LogP contribution < -0.4 is 5.73 Å². The van der Waals surface area contributed by atoms with Crippen molar-refractivity contribution in [2.24, 2.45) is 0 Å². The number of aromatic nitrogens is 2. The number of nitrogens with zero attached hydrogens (tertiary/aromatic N) is 2. The van der Waals surface area contributed by atoms with Gasteiger partial charge in [0.05, 0.1) is 9.26 Å². The molecule has 4 heteroatoms. The second kappa shape index (κ2) is 2.90. The lowest BCUT2D eigenvalue weighted by atomic mass is 10.3. The van der Waals surface area contributed by atoms with E-state index in [1.165, 1.54) is 18.5 Å². The molecule has 1 saturated carbocycles. The van der Waals surface area contributed by atoms with Crippen molar-refractivity contribution in [3.8, 4) is 0 Å². The number of hydrogen-bond acceptors (Lipinski definition) is 2. The number of nitrogen functional groups attached to an aromatic ring is 1. The number of nitrogens with two attached hydrogens (primary N) is 1. The Bertz CT molecular complexity index is 301. The van der Waals surface area contributed by atoms with E-state index in [1.54, 1.807) is 0 Å². The number of halogens is 1. The minimum absolute atomic E-state index is 0.694. The molecule has 0 amide bonds. The summed E-state index contributed by atoms with van der Waals surface area (Å²) in [5, 5.41) is 4.28. The van der Waals surface area contributed by atoms with Gasteiger partial charge < -0.3 is 5.73 Å². The van der Waals surface area contributed by atoms with E-state index in [4.69, 9.17) is 5.73 Å². The standard InChI is InChI=1S/C8H12IN3/c1-2-12-7(5-3-4-5)6(9)8(10)11-12/h5H,2-4H2,1H3,(H2,10,11). The lowest BCUT2D eigenvalue weighted by molar-refractivity contribution is 0.624. The van der Waals surface area contributed by atoms with Crippen molar-refractivity contribution < 1.29 is 0 Å². The maximum atomic E-state index is 5.74. The largest absolute Gasteiger partial charge is 0.381 e. The zero-order valence-electron chi connectivity index (χ0n) is 7.05. The first-order valence-corrected chi connectivity index (χ1v) is 5.33. The molecular formula is C8H12IN3. The van der Waals surface area contributed by atoms with E-state index in [-0.39, 0.29) is 0 Å². The van der Waals surface area contributed by atoms with E-state index in [0.29, 0.717) is 5.82 Å². The smallest absolute Gasteiger partial charge is 0.159 e. The van der Waals surface area contributed by atoms with Crippen molar-refractivity contribution in [2.45, 2.75) is 32.2 Å². The van der Waals surface area contributed by atoms with Crippen LogP contribution in [0.2, 0.25) is 0 Å². The summed E-state index contributed by atoms with van der Waals surface area (Å²) >= 11 is 2.30. The Morgan fingerprint density at radius 2 is 2.33 bits per heavy atom. The summed E-state index contributed by atoms with van der Waals surface area (Å²) in [6.07, 6.45) is 2.61. The molecule has 1 aliphatic rings. The van der Waals surface area contributed by atoms with Gasteiger partial charge in [0.2, 0.25) is 0 Å². The van der Waals surface area contributed by atoms with Crippen molar-refractivity contribution in [3.05, 3.63) is 9.26 Å². The second-order valence-corrected chi connectivity index (χ2v) is 4.25. The molecule has 2 rings (SSSR count). The van der Waals surface area contributed by atoms with Gasteiger partial charge in [-0.3, -0.25) is 4.68 Å². The predicted molar refractivity (Wildman–Crippen MR) is 57.0 cm³/mol. The third-order valence-electron chi connectivity index (χ3n) is 2.22. The van der Waals surface area contributed by atoms with Crippen LogP contribution in [-0.2, 0) is 6.54 Å². The fourth-order valence-corrected chi connectivity index (χ4v) is 2.29. The Labute approximate surface area is 85.5 Å². The molecule has 0 radical (unpaired) electrons. The van der Waals surface area contributed by atoms with Crippen molar-refractivity contribution in [2.75, 3.05) is 5.73 Å². The van der Waals surface area contributed by atoms with Crippen LogP contribution in [0.25, 0.3) is 0 Å². The van der Waals surface area contributed by atoms with Crippen molar-refractivity contribution in [3.63, 3.8) is 0 Å². The molecule has 1 aromatic rings. The number of rotatable bonds is 2. The highest BCUT2D eigenvalue weighted by Crippen LogP contribution is 2.43. The first-order chi connectivity index (χ1) is 5.74. The summed E-state index contributed by atoms with van der Waals surface area (Å²) < 4.78 is 3.20. The van der Waals surface area contributed by atoms with E-state index < -0.39 is 0 Å². The summed E-state index contributed by atoms with van der Waals surface area (Å²) in [7, 11) is 0. The van der Waals surface area contributed by atoms with Crippen LogP contribution in [0.3, 0.4) is 0 Å². The van der Waals surface area contributed by atoms with Crippen LogP contribution in [0.5, 0.6) is 0 Å². The fraction of sp³-hybridized carbons (Fsp3) is 0.625. The zero-order valence-corrected chi connectivity index (χ0v) is 9.21. The molecule has 1 aliphatic carbocycles. The number of aryl methyl sites for hydroxylation is 1. The summed E-state index contributed by atoms with van der Waals surface area (Å²) in [6.45, 7) is 3.04. The molecular weight excluding hydrogens is 265 g/mol. The van der Waals surface area contributed by atoms with Gasteiger partial charge in [0.1, 0.15) is 0 Å². The number of hydrogen-bond donors (Lipinski definition) is 1. The van der Waals surface area contributed by atoms with Gasteiger partial charge in [0, 0.05) is 12.5 Å². The van der Waals surface area contributed by atoms with Crippen LogP contribution in [0, 0.1) is 3.57 Å². The summed E-state index contributed by atoms with van der Waals surface area (Å²) in [4.78, 5) is 0. The molecule has 0 bridgehead atoms. The third kappa shape index (κ3) is 1.22. The van der Waals surface area contributed by atoms with E-state index in [0.717, 1.165) is 16.0 Å². The highest BCUT2D eigenvalue weighted by molar-refractivity contribution is 14.1. The number of anilines is 1. The van der Waals surface area contributed by atoms with Gasteiger partial charge in [-0.25, -0.2) is 0 Å².